The highest BCUT2D eigenvalue weighted by Gasteiger charge is 2.41. The number of carbonyl (C=O) groups excluding carboxylic acids is 1. The van der Waals surface area contributed by atoms with Crippen LogP contribution in [0.2, 0.25) is 0 Å². The molecule has 0 saturated carbocycles. The first-order valence-electron chi connectivity index (χ1n) is 8.31. The lowest BCUT2D eigenvalue weighted by molar-refractivity contribution is 0.0609. The van der Waals surface area contributed by atoms with Crippen LogP contribution in [0.25, 0.3) is 0 Å². The van der Waals surface area contributed by atoms with Gasteiger partial charge in [0.05, 0.1) is 12.2 Å². The van der Waals surface area contributed by atoms with Crippen molar-refractivity contribution < 1.29 is 9.53 Å². The van der Waals surface area contributed by atoms with Crippen LogP contribution in [0.4, 0.5) is 5.69 Å². The van der Waals surface area contributed by atoms with Gasteiger partial charge < -0.3 is 15.0 Å². The van der Waals surface area contributed by atoms with E-state index < -0.39 is 5.66 Å². The van der Waals surface area contributed by atoms with Crippen molar-refractivity contribution in [2.45, 2.75) is 26.4 Å². The molecule has 1 atom stereocenters. The molecule has 1 aliphatic heterocycles. The van der Waals surface area contributed by atoms with Gasteiger partial charge in [-0.3, -0.25) is 4.79 Å². The van der Waals surface area contributed by atoms with E-state index in [2.05, 4.69) is 19.2 Å². The fourth-order valence-corrected chi connectivity index (χ4v) is 3.01. The maximum atomic E-state index is 12.8. The number of hydrogen-bond donors (Lipinski definition) is 1. The fourth-order valence-electron chi connectivity index (χ4n) is 3.01. The standard InChI is InChI=1S/C20H24N2O2/c1-14(2)13-24-18-12-8-6-10-16(18)20(3)21-17-11-7-5-9-15(17)19(23)22(20)4/h5-12,14,21H,13H2,1-4H3. The van der Waals surface area contributed by atoms with Gasteiger partial charge in [-0.2, -0.15) is 0 Å². The molecule has 1 heterocycles. The molecule has 0 aliphatic carbocycles. The predicted molar refractivity (Wildman–Crippen MR) is 96.3 cm³/mol. The third kappa shape index (κ3) is 2.73. The van der Waals surface area contributed by atoms with Gasteiger partial charge in [-0.05, 0) is 31.0 Å². The zero-order chi connectivity index (χ0) is 17.3. The molecule has 24 heavy (non-hydrogen) atoms. The minimum absolute atomic E-state index is 0.00510. The van der Waals surface area contributed by atoms with Gasteiger partial charge in [-0.25, -0.2) is 0 Å². The van der Waals surface area contributed by atoms with E-state index in [1.807, 2.05) is 62.5 Å². The maximum absolute atomic E-state index is 12.8. The quantitative estimate of drug-likeness (QED) is 0.921. The molecule has 1 aliphatic rings. The topological polar surface area (TPSA) is 41.6 Å². The smallest absolute Gasteiger partial charge is 0.257 e. The van der Waals surface area contributed by atoms with Crippen molar-refractivity contribution in [3.63, 3.8) is 0 Å². The molecule has 0 fully saturated rings. The van der Waals surface area contributed by atoms with E-state index in [0.29, 0.717) is 18.1 Å². The number of nitrogens with one attached hydrogen (secondary N) is 1. The number of rotatable bonds is 4. The number of nitrogens with zero attached hydrogens (tertiary/aromatic N) is 1. The lowest BCUT2D eigenvalue weighted by Gasteiger charge is -2.45. The Balaban J connectivity index is 2.04. The normalized spacial score (nSPS) is 19.9. The van der Waals surface area contributed by atoms with Crippen LogP contribution in [0.15, 0.2) is 48.5 Å². The lowest BCUT2D eigenvalue weighted by Crippen LogP contribution is -2.54. The Hall–Kier alpha value is -2.49. The highest BCUT2D eigenvalue weighted by atomic mass is 16.5. The van der Waals surface area contributed by atoms with Crippen molar-refractivity contribution in [3.8, 4) is 5.75 Å². The van der Waals surface area contributed by atoms with Crippen LogP contribution in [0.5, 0.6) is 5.75 Å². The molecule has 4 heteroatoms. The molecule has 1 amide bonds. The van der Waals surface area contributed by atoms with E-state index in [0.717, 1.165) is 17.0 Å². The monoisotopic (exact) mass is 324 g/mol. The van der Waals surface area contributed by atoms with Gasteiger partial charge in [0.25, 0.3) is 5.91 Å². The summed E-state index contributed by atoms with van der Waals surface area (Å²) >= 11 is 0. The molecule has 0 saturated heterocycles. The van der Waals surface area contributed by atoms with Crippen molar-refractivity contribution in [1.82, 2.24) is 4.90 Å². The Morgan fingerprint density at radius 2 is 1.79 bits per heavy atom. The number of ether oxygens (including phenoxy) is 1. The molecule has 3 rings (SSSR count). The van der Waals surface area contributed by atoms with Crippen molar-refractivity contribution in [2.75, 3.05) is 19.0 Å². The molecular formula is C20H24N2O2. The number of amides is 1. The van der Waals surface area contributed by atoms with E-state index in [4.69, 9.17) is 4.74 Å². The first kappa shape index (κ1) is 16.4. The van der Waals surface area contributed by atoms with E-state index in [1.165, 1.54) is 0 Å². The summed E-state index contributed by atoms with van der Waals surface area (Å²) in [7, 11) is 1.82. The highest BCUT2D eigenvalue weighted by Crippen LogP contribution is 2.40. The van der Waals surface area contributed by atoms with Crippen LogP contribution in [0.1, 0.15) is 36.7 Å². The van der Waals surface area contributed by atoms with Gasteiger partial charge in [0, 0.05) is 18.3 Å². The van der Waals surface area contributed by atoms with Gasteiger partial charge in [0.15, 0.2) is 0 Å². The van der Waals surface area contributed by atoms with Crippen LogP contribution in [0.3, 0.4) is 0 Å². The Labute approximate surface area is 143 Å². The molecule has 1 N–H and O–H groups in total. The van der Waals surface area contributed by atoms with Crippen molar-refractivity contribution in [3.05, 3.63) is 59.7 Å². The minimum Gasteiger partial charge on any atom is -0.493 e. The summed E-state index contributed by atoms with van der Waals surface area (Å²) in [5.41, 5.74) is 1.83. The maximum Gasteiger partial charge on any atom is 0.257 e. The first-order valence-corrected chi connectivity index (χ1v) is 8.31. The number of carbonyl (C=O) groups is 1. The van der Waals surface area contributed by atoms with Crippen molar-refractivity contribution >= 4 is 11.6 Å². The van der Waals surface area contributed by atoms with Crippen molar-refractivity contribution in [1.29, 1.82) is 0 Å². The van der Waals surface area contributed by atoms with Crippen molar-refractivity contribution in [2.24, 2.45) is 5.92 Å². The highest BCUT2D eigenvalue weighted by molar-refractivity contribution is 6.02. The summed E-state index contributed by atoms with van der Waals surface area (Å²) in [6, 6.07) is 15.5. The molecule has 4 nitrogen and oxygen atoms in total. The lowest BCUT2D eigenvalue weighted by atomic mass is 9.93. The van der Waals surface area contributed by atoms with E-state index in [9.17, 15) is 4.79 Å². The molecular weight excluding hydrogens is 300 g/mol. The van der Waals surface area contributed by atoms with Crippen LogP contribution in [0, 0.1) is 5.92 Å². The largest absolute Gasteiger partial charge is 0.493 e. The average molecular weight is 324 g/mol. The number of hydrogen-bond acceptors (Lipinski definition) is 3. The Morgan fingerprint density at radius 1 is 1.12 bits per heavy atom. The molecule has 0 bridgehead atoms. The fraction of sp³-hybridized carbons (Fsp3) is 0.350. The van der Waals surface area contributed by atoms with Gasteiger partial charge >= 0.3 is 0 Å². The van der Waals surface area contributed by atoms with Crippen LogP contribution >= 0.6 is 0 Å². The second kappa shape index (κ2) is 6.19. The van der Waals surface area contributed by atoms with Crippen LogP contribution in [-0.2, 0) is 5.66 Å². The summed E-state index contributed by atoms with van der Waals surface area (Å²) in [5, 5.41) is 3.52. The Bertz CT molecular complexity index is 757. The van der Waals surface area contributed by atoms with Crippen LogP contribution in [-0.4, -0.2) is 24.5 Å². The summed E-state index contributed by atoms with van der Waals surface area (Å²) in [5.74, 6) is 1.25. The Kier molecular flexibility index (Phi) is 4.22. The molecule has 1 unspecified atom stereocenters. The van der Waals surface area contributed by atoms with Gasteiger partial charge in [0.1, 0.15) is 11.4 Å². The molecule has 0 radical (unpaired) electrons. The number of para-hydroxylation sites is 2. The third-order valence-corrected chi connectivity index (χ3v) is 4.49. The zero-order valence-corrected chi connectivity index (χ0v) is 14.7. The Morgan fingerprint density at radius 3 is 2.54 bits per heavy atom. The third-order valence-electron chi connectivity index (χ3n) is 4.49. The number of fused-ring (bicyclic) bond motifs is 1. The molecule has 126 valence electrons. The second-order valence-electron chi connectivity index (χ2n) is 6.81. The first-order chi connectivity index (χ1) is 11.4. The molecule has 0 spiro atoms. The number of anilines is 1. The SMILES string of the molecule is CC(C)COc1ccccc1C1(C)Nc2ccccc2C(=O)N1C. The second-order valence-corrected chi connectivity index (χ2v) is 6.81. The van der Waals surface area contributed by atoms with E-state index in [-0.39, 0.29) is 5.91 Å². The zero-order valence-electron chi connectivity index (χ0n) is 14.7. The summed E-state index contributed by atoms with van der Waals surface area (Å²) in [4.78, 5) is 14.6. The molecule has 0 aromatic heterocycles. The minimum atomic E-state index is -0.668. The van der Waals surface area contributed by atoms with Gasteiger partial charge in [-0.15, -0.1) is 0 Å². The van der Waals surface area contributed by atoms with E-state index >= 15 is 0 Å². The van der Waals surface area contributed by atoms with E-state index in [1.54, 1.807) is 4.90 Å². The molecule has 2 aromatic rings. The summed E-state index contributed by atoms with van der Waals surface area (Å²) in [6.07, 6.45) is 0. The van der Waals surface area contributed by atoms with Gasteiger partial charge in [0.2, 0.25) is 0 Å². The van der Waals surface area contributed by atoms with Crippen LogP contribution < -0.4 is 10.1 Å². The average Bonchev–Trinajstić information content (AvgIpc) is 2.58. The summed E-state index contributed by atoms with van der Waals surface area (Å²) < 4.78 is 6.01. The number of benzene rings is 2. The van der Waals surface area contributed by atoms with Gasteiger partial charge in [-0.1, -0.05) is 44.2 Å². The predicted octanol–water partition coefficient (Wildman–Crippen LogP) is 4.09. The summed E-state index contributed by atoms with van der Waals surface area (Å²) in [6.45, 7) is 6.89. The molecule has 2 aromatic carbocycles.